The van der Waals surface area contributed by atoms with E-state index >= 15 is 0 Å². The topological polar surface area (TPSA) is 86.3 Å². The molecule has 1 N–H and O–H groups in total. The molecule has 0 aliphatic heterocycles. The molecule has 2 amide bonds. The molecule has 0 heterocycles. The zero-order valence-corrected chi connectivity index (χ0v) is 22.4. The maximum absolute atomic E-state index is 13.9. The van der Waals surface area contributed by atoms with Crippen LogP contribution in [0.4, 0.5) is 0 Å². The number of methoxy groups -OCH3 is 4. The molecule has 3 aromatic carbocycles. The number of amides is 2. The van der Waals surface area contributed by atoms with Gasteiger partial charge in [-0.05, 0) is 47.4 Å². The number of rotatable bonds is 14. The number of nitrogens with zero attached hydrogens (tertiary/aromatic N) is 1. The first-order chi connectivity index (χ1) is 18.5. The molecule has 1 atom stereocenters. The fourth-order valence-corrected chi connectivity index (χ4v) is 4.15. The Kier molecular flexibility index (Phi) is 11.0. The lowest BCUT2D eigenvalue weighted by atomic mass is 10.0. The van der Waals surface area contributed by atoms with Crippen molar-refractivity contribution < 1.29 is 28.5 Å². The second-order valence-electron chi connectivity index (χ2n) is 8.69. The van der Waals surface area contributed by atoms with E-state index < -0.39 is 6.04 Å². The molecule has 8 heteroatoms. The summed E-state index contributed by atoms with van der Waals surface area (Å²) >= 11 is 0. The maximum atomic E-state index is 13.9. The standard InChI is InChI=1S/C30H36N2O6/c1-35-18-8-17-31-30(34)29(24-9-6-5-7-10-24)32(21-22-11-14-25(36-2)15-12-22)28(33)20-23-13-16-26(37-3)27(19-23)38-4/h5-7,9-16,19,29H,8,17-18,20-21H2,1-4H3,(H,31,34)/t29-/m1/s1. The quantitative estimate of drug-likeness (QED) is 0.321. The van der Waals surface area contributed by atoms with Crippen molar-refractivity contribution in [3.05, 3.63) is 89.5 Å². The Morgan fingerprint density at radius 3 is 2.13 bits per heavy atom. The molecule has 38 heavy (non-hydrogen) atoms. The van der Waals surface area contributed by atoms with Crippen molar-refractivity contribution in [2.75, 3.05) is 41.6 Å². The van der Waals surface area contributed by atoms with E-state index in [1.54, 1.807) is 45.5 Å². The molecule has 3 aromatic rings. The molecule has 0 unspecified atom stereocenters. The van der Waals surface area contributed by atoms with E-state index in [1.165, 1.54) is 0 Å². The maximum Gasteiger partial charge on any atom is 0.247 e. The SMILES string of the molecule is COCCCNC(=O)[C@@H](c1ccccc1)N(Cc1ccc(OC)cc1)C(=O)Cc1ccc(OC)c(OC)c1. The largest absolute Gasteiger partial charge is 0.497 e. The Hall–Kier alpha value is -4.04. The number of nitrogens with one attached hydrogen (secondary N) is 1. The highest BCUT2D eigenvalue weighted by atomic mass is 16.5. The van der Waals surface area contributed by atoms with E-state index in [4.69, 9.17) is 18.9 Å². The fourth-order valence-electron chi connectivity index (χ4n) is 4.15. The van der Waals surface area contributed by atoms with Crippen LogP contribution < -0.4 is 19.5 Å². The average molecular weight is 521 g/mol. The molecule has 0 spiro atoms. The lowest BCUT2D eigenvalue weighted by Crippen LogP contribution is -2.44. The third-order valence-corrected chi connectivity index (χ3v) is 6.14. The predicted molar refractivity (Wildman–Crippen MR) is 145 cm³/mol. The van der Waals surface area contributed by atoms with Crippen LogP contribution in [0.15, 0.2) is 72.8 Å². The Balaban J connectivity index is 1.97. The van der Waals surface area contributed by atoms with E-state index in [2.05, 4.69) is 5.32 Å². The normalized spacial score (nSPS) is 11.4. The molecular weight excluding hydrogens is 484 g/mol. The number of benzene rings is 3. The minimum atomic E-state index is -0.825. The molecule has 8 nitrogen and oxygen atoms in total. The van der Waals surface area contributed by atoms with Crippen molar-refractivity contribution in [1.29, 1.82) is 0 Å². The molecule has 0 radical (unpaired) electrons. The van der Waals surface area contributed by atoms with Crippen molar-refractivity contribution >= 4 is 11.8 Å². The van der Waals surface area contributed by atoms with Gasteiger partial charge in [-0.15, -0.1) is 0 Å². The van der Waals surface area contributed by atoms with Crippen LogP contribution in [0.3, 0.4) is 0 Å². The summed E-state index contributed by atoms with van der Waals surface area (Å²) in [6.45, 7) is 1.21. The second kappa shape index (κ2) is 14.6. The minimum Gasteiger partial charge on any atom is -0.497 e. The molecule has 0 aliphatic rings. The highest BCUT2D eigenvalue weighted by Crippen LogP contribution is 2.29. The van der Waals surface area contributed by atoms with Crippen molar-refractivity contribution in [3.8, 4) is 17.2 Å². The van der Waals surface area contributed by atoms with E-state index in [1.807, 2.05) is 60.7 Å². The van der Waals surface area contributed by atoms with Crippen LogP contribution in [0.25, 0.3) is 0 Å². The van der Waals surface area contributed by atoms with Gasteiger partial charge in [0.1, 0.15) is 11.8 Å². The van der Waals surface area contributed by atoms with Gasteiger partial charge in [0.05, 0.1) is 27.8 Å². The Morgan fingerprint density at radius 2 is 1.50 bits per heavy atom. The summed E-state index contributed by atoms with van der Waals surface area (Å²) in [6, 6.07) is 21.4. The number of hydrogen-bond donors (Lipinski definition) is 1. The van der Waals surface area contributed by atoms with Gasteiger partial charge in [-0.1, -0.05) is 48.5 Å². The first-order valence-electron chi connectivity index (χ1n) is 12.5. The molecule has 202 valence electrons. The molecule has 0 aromatic heterocycles. The van der Waals surface area contributed by atoms with Gasteiger partial charge in [-0.3, -0.25) is 9.59 Å². The van der Waals surface area contributed by atoms with Crippen LogP contribution in [0.2, 0.25) is 0 Å². The van der Waals surface area contributed by atoms with Gasteiger partial charge < -0.3 is 29.2 Å². The predicted octanol–water partition coefficient (Wildman–Crippen LogP) is 4.18. The van der Waals surface area contributed by atoms with Gasteiger partial charge in [-0.2, -0.15) is 0 Å². The van der Waals surface area contributed by atoms with Gasteiger partial charge in [-0.25, -0.2) is 0 Å². The summed E-state index contributed by atoms with van der Waals surface area (Å²) in [7, 11) is 6.35. The Morgan fingerprint density at radius 1 is 0.816 bits per heavy atom. The minimum absolute atomic E-state index is 0.0802. The van der Waals surface area contributed by atoms with Gasteiger partial charge >= 0.3 is 0 Å². The van der Waals surface area contributed by atoms with Crippen molar-refractivity contribution in [2.24, 2.45) is 0 Å². The monoisotopic (exact) mass is 520 g/mol. The third kappa shape index (κ3) is 7.73. The smallest absolute Gasteiger partial charge is 0.247 e. The van der Waals surface area contributed by atoms with Crippen molar-refractivity contribution in [1.82, 2.24) is 10.2 Å². The third-order valence-electron chi connectivity index (χ3n) is 6.14. The summed E-state index contributed by atoms with van der Waals surface area (Å²) in [5, 5.41) is 2.98. The van der Waals surface area contributed by atoms with Gasteiger partial charge in [0.2, 0.25) is 11.8 Å². The molecule has 0 saturated heterocycles. The van der Waals surface area contributed by atoms with Crippen LogP contribution in [0.5, 0.6) is 17.2 Å². The first kappa shape index (κ1) is 28.5. The van der Waals surface area contributed by atoms with Gasteiger partial charge in [0.15, 0.2) is 11.5 Å². The lowest BCUT2D eigenvalue weighted by Gasteiger charge is -2.32. The number of carbonyl (C=O) groups excluding carboxylic acids is 2. The van der Waals surface area contributed by atoms with Gasteiger partial charge in [0.25, 0.3) is 0 Å². The number of carbonyl (C=O) groups is 2. The molecule has 0 aliphatic carbocycles. The summed E-state index contributed by atoms with van der Waals surface area (Å²) < 4.78 is 21.1. The van der Waals surface area contributed by atoms with Crippen LogP contribution in [-0.4, -0.2) is 58.3 Å². The van der Waals surface area contributed by atoms with Crippen LogP contribution in [0.1, 0.15) is 29.2 Å². The Labute approximate surface area is 224 Å². The summed E-state index contributed by atoms with van der Waals surface area (Å²) in [5.41, 5.74) is 2.35. The average Bonchev–Trinajstić information content (AvgIpc) is 2.95. The van der Waals surface area contributed by atoms with Crippen molar-refractivity contribution in [2.45, 2.75) is 25.4 Å². The molecule has 0 saturated carbocycles. The van der Waals surface area contributed by atoms with E-state index in [0.717, 1.165) is 16.7 Å². The van der Waals surface area contributed by atoms with Crippen LogP contribution >= 0.6 is 0 Å². The lowest BCUT2D eigenvalue weighted by molar-refractivity contribution is -0.141. The number of ether oxygens (including phenoxy) is 4. The summed E-state index contributed by atoms with van der Waals surface area (Å²) in [4.78, 5) is 29.1. The van der Waals surface area contributed by atoms with Crippen LogP contribution in [-0.2, 0) is 27.3 Å². The van der Waals surface area contributed by atoms with E-state index in [9.17, 15) is 9.59 Å². The van der Waals surface area contributed by atoms with Crippen molar-refractivity contribution in [3.63, 3.8) is 0 Å². The molecule has 0 fully saturated rings. The molecular formula is C30H36N2O6. The number of hydrogen-bond acceptors (Lipinski definition) is 6. The van der Waals surface area contributed by atoms with Gasteiger partial charge in [0, 0.05) is 26.8 Å². The fraction of sp³-hybridized carbons (Fsp3) is 0.333. The van der Waals surface area contributed by atoms with E-state index in [-0.39, 0.29) is 24.8 Å². The highest BCUT2D eigenvalue weighted by molar-refractivity contribution is 5.89. The van der Waals surface area contributed by atoms with Crippen LogP contribution in [0, 0.1) is 0 Å². The Bertz CT molecular complexity index is 1170. The van der Waals surface area contributed by atoms with E-state index in [0.29, 0.717) is 36.8 Å². The first-order valence-corrected chi connectivity index (χ1v) is 12.5. The summed E-state index contributed by atoms with van der Waals surface area (Å²) in [6.07, 6.45) is 0.749. The highest BCUT2D eigenvalue weighted by Gasteiger charge is 2.31. The second-order valence-corrected chi connectivity index (χ2v) is 8.69. The summed E-state index contributed by atoms with van der Waals surface area (Å²) in [5.74, 6) is 1.38. The zero-order valence-electron chi connectivity index (χ0n) is 22.4. The molecule has 0 bridgehead atoms. The molecule has 3 rings (SSSR count). The zero-order chi connectivity index (χ0) is 27.3.